The topological polar surface area (TPSA) is 104 Å². The summed E-state index contributed by atoms with van der Waals surface area (Å²) in [6.07, 6.45) is 1.54. The number of nitrogens with zero attached hydrogens (tertiary/aromatic N) is 3. The number of carboxylic acids is 1. The van der Waals surface area contributed by atoms with Gasteiger partial charge in [-0.15, -0.1) is 0 Å². The molecule has 0 saturated heterocycles. The molecule has 2 rings (SSSR count). The van der Waals surface area contributed by atoms with Crippen LogP contribution >= 0.6 is 0 Å². The number of nitrogens with one attached hydrogen (secondary N) is 2. The molecule has 0 fully saturated rings. The van der Waals surface area contributed by atoms with Crippen LogP contribution in [0.25, 0.3) is 0 Å². The Morgan fingerprint density at radius 1 is 1.53 bits per heavy atom. The molecule has 0 atom stereocenters. The largest absolute Gasteiger partial charge is 0.478 e. The van der Waals surface area contributed by atoms with Crippen molar-refractivity contribution in [2.24, 2.45) is 0 Å². The summed E-state index contributed by atoms with van der Waals surface area (Å²) in [6.45, 7) is 4.35. The van der Waals surface area contributed by atoms with Gasteiger partial charge in [0.25, 0.3) is 0 Å². The van der Waals surface area contributed by atoms with E-state index in [4.69, 9.17) is 5.11 Å². The first-order valence-electron chi connectivity index (χ1n) is 5.91. The Kier molecular flexibility index (Phi) is 3.74. The monoisotopic (exact) mass is 261 g/mol. The molecule has 0 saturated carbocycles. The zero-order valence-electron chi connectivity index (χ0n) is 10.7. The van der Waals surface area contributed by atoms with Crippen LogP contribution in [0, 0.1) is 0 Å². The molecule has 0 bridgehead atoms. The SMILES string of the molecule is CC(C)c1n[nH]c(CNc2ncccc2C(=O)O)n1. The van der Waals surface area contributed by atoms with Crippen molar-refractivity contribution in [3.63, 3.8) is 0 Å². The van der Waals surface area contributed by atoms with Gasteiger partial charge in [-0.3, -0.25) is 5.10 Å². The van der Waals surface area contributed by atoms with Gasteiger partial charge >= 0.3 is 5.97 Å². The molecule has 3 N–H and O–H groups in total. The quantitative estimate of drug-likeness (QED) is 0.755. The zero-order valence-corrected chi connectivity index (χ0v) is 10.7. The molecule has 0 aromatic carbocycles. The molecule has 19 heavy (non-hydrogen) atoms. The summed E-state index contributed by atoms with van der Waals surface area (Å²) >= 11 is 0. The van der Waals surface area contributed by atoms with Crippen LogP contribution < -0.4 is 5.32 Å². The van der Waals surface area contributed by atoms with Gasteiger partial charge in [0.15, 0.2) is 5.82 Å². The van der Waals surface area contributed by atoms with Crippen LogP contribution in [0.1, 0.15) is 41.8 Å². The molecule has 0 amide bonds. The predicted octanol–water partition coefficient (Wildman–Crippen LogP) is 1.63. The third-order valence-electron chi connectivity index (χ3n) is 2.53. The van der Waals surface area contributed by atoms with Gasteiger partial charge in [-0.2, -0.15) is 5.10 Å². The third-order valence-corrected chi connectivity index (χ3v) is 2.53. The number of aromatic amines is 1. The summed E-state index contributed by atoms with van der Waals surface area (Å²) in [6, 6.07) is 3.08. The Labute approximate surface area is 110 Å². The fraction of sp³-hybridized carbons (Fsp3) is 0.333. The highest BCUT2D eigenvalue weighted by molar-refractivity contribution is 5.92. The first-order valence-corrected chi connectivity index (χ1v) is 5.91. The highest BCUT2D eigenvalue weighted by Gasteiger charge is 2.11. The lowest BCUT2D eigenvalue weighted by atomic mass is 10.2. The molecule has 0 aliphatic rings. The normalized spacial score (nSPS) is 10.7. The number of rotatable bonds is 5. The van der Waals surface area contributed by atoms with Crippen molar-refractivity contribution >= 4 is 11.8 Å². The van der Waals surface area contributed by atoms with Crippen LogP contribution in [-0.2, 0) is 6.54 Å². The first kappa shape index (κ1) is 13.0. The molecule has 0 spiro atoms. The number of hydrogen-bond donors (Lipinski definition) is 3. The van der Waals surface area contributed by atoms with Crippen molar-refractivity contribution in [2.75, 3.05) is 5.32 Å². The van der Waals surface area contributed by atoms with Crippen molar-refractivity contribution in [1.29, 1.82) is 0 Å². The van der Waals surface area contributed by atoms with Gasteiger partial charge in [-0.1, -0.05) is 13.8 Å². The van der Waals surface area contributed by atoms with Crippen LogP contribution in [0.4, 0.5) is 5.82 Å². The lowest BCUT2D eigenvalue weighted by molar-refractivity contribution is 0.0697. The summed E-state index contributed by atoms with van der Waals surface area (Å²) in [5.74, 6) is 0.921. The zero-order chi connectivity index (χ0) is 13.8. The van der Waals surface area contributed by atoms with E-state index in [0.29, 0.717) is 18.2 Å². The van der Waals surface area contributed by atoms with E-state index in [1.165, 1.54) is 12.3 Å². The van der Waals surface area contributed by atoms with Crippen LogP contribution in [0.3, 0.4) is 0 Å². The second-order valence-electron chi connectivity index (χ2n) is 4.35. The van der Waals surface area contributed by atoms with Crippen LogP contribution in [0.2, 0.25) is 0 Å². The lowest BCUT2D eigenvalue weighted by Crippen LogP contribution is -2.09. The molecule has 0 aliphatic carbocycles. The Bertz CT molecular complexity index is 579. The molecule has 7 heteroatoms. The molecule has 0 aliphatic heterocycles. The van der Waals surface area contributed by atoms with E-state index in [1.54, 1.807) is 6.07 Å². The maximum absolute atomic E-state index is 11.0. The van der Waals surface area contributed by atoms with E-state index < -0.39 is 5.97 Å². The van der Waals surface area contributed by atoms with Crippen molar-refractivity contribution in [2.45, 2.75) is 26.3 Å². The molecule has 0 unspecified atom stereocenters. The Morgan fingerprint density at radius 3 is 2.95 bits per heavy atom. The van der Waals surface area contributed by atoms with Crippen molar-refractivity contribution in [3.8, 4) is 0 Å². The predicted molar refractivity (Wildman–Crippen MR) is 69.0 cm³/mol. The summed E-state index contributed by atoms with van der Waals surface area (Å²) in [5, 5.41) is 18.8. The summed E-state index contributed by atoms with van der Waals surface area (Å²) in [4.78, 5) is 19.3. The van der Waals surface area contributed by atoms with Gasteiger partial charge in [0.1, 0.15) is 17.2 Å². The fourth-order valence-electron chi connectivity index (χ4n) is 1.53. The van der Waals surface area contributed by atoms with Gasteiger partial charge in [0, 0.05) is 12.1 Å². The van der Waals surface area contributed by atoms with Crippen LogP contribution in [0.5, 0.6) is 0 Å². The van der Waals surface area contributed by atoms with E-state index in [0.717, 1.165) is 5.82 Å². The highest BCUT2D eigenvalue weighted by atomic mass is 16.4. The van der Waals surface area contributed by atoms with Crippen LogP contribution in [0.15, 0.2) is 18.3 Å². The van der Waals surface area contributed by atoms with Gasteiger partial charge < -0.3 is 10.4 Å². The number of pyridine rings is 1. The second kappa shape index (κ2) is 5.47. The Balaban J connectivity index is 2.08. The number of carbonyl (C=O) groups is 1. The standard InChI is InChI=1S/C12H15N5O2/c1-7(2)10-15-9(16-17-10)6-14-11-8(12(18)19)4-3-5-13-11/h3-5,7H,6H2,1-2H3,(H,13,14)(H,18,19)(H,15,16,17). The molecule has 0 radical (unpaired) electrons. The number of H-pyrrole nitrogens is 1. The number of aromatic carboxylic acids is 1. The van der Waals surface area contributed by atoms with Gasteiger partial charge in [-0.25, -0.2) is 14.8 Å². The minimum Gasteiger partial charge on any atom is -0.478 e. The average Bonchev–Trinajstić information content (AvgIpc) is 2.85. The maximum Gasteiger partial charge on any atom is 0.339 e. The first-order chi connectivity index (χ1) is 9.08. The Hall–Kier alpha value is -2.44. The maximum atomic E-state index is 11.0. The third kappa shape index (κ3) is 3.06. The number of carboxylic acid groups (broad SMARTS) is 1. The molecule has 2 aromatic heterocycles. The minimum absolute atomic E-state index is 0.131. The Morgan fingerprint density at radius 2 is 2.32 bits per heavy atom. The minimum atomic E-state index is -1.02. The molecule has 2 heterocycles. The molecule has 7 nitrogen and oxygen atoms in total. The second-order valence-corrected chi connectivity index (χ2v) is 4.35. The smallest absolute Gasteiger partial charge is 0.339 e. The van der Waals surface area contributed by atoms with Crippen molar-refractivity contribution in [1.82, 2.24) is 20.2 Å². The van der Waals surface area contributed by atoms with Crippen molar-refractivity contribution < 1.29 is 9.90 Å². The molecular weight excluding hydrogens is 246 g/mol. The van der Waals surface area contributed by atoms with Gasteiger partial charge in [0.2, 0.25) is 0 Å². The van der Waals surface area contributed by atoms with E-state index >= 15 is 0 Å². The van der Waals surface area contributed by atoms with Gasteiger partial charge in [-0.05, 0) is 12.1 Å². The fourth-order valence-corrected chi connectivity index (χ4v) is 1.53. The van der Waals surface area contributed by atoms with E-state index in [-0.39, 0.29) is 11.5 Å². The summed E-state index contributed by atoms with van der Waals surface area (Å²) < 4.78 is 0. The summed E-state index contributed by atoms with van der Waals surface area (Å²) in [7, 11) is 0. The highest BCUT2D eigenvalue weighted by Crippen LogP contribution is 2.13. The van der Waals surface area contributed by atoms with Gasteiger partial charge in [0.05, 0.1) is 6.54 Å². The average molecular weight is 261 g/mol. The molecule has 2 aromatic rings. The number of aromatic nitrogens is 4. The van der Waals surface area contributed by atoms with Crippen molar-refractivity contribution in [3.05, 3.63) is 35.5 Å². The van der Waals surface area contributed by atoms with E-state index in [1.807, 2.05) is 13.8 Å². The van der Waals surface area contributed by atoms with E-state index in [2.05, 4.69) is 25.5 Å². The summed E-state index contributed by atoms with van der Waals surface area (Å²) in [5.41, 5.74) is 0.131. The van der Waals surface area contributed by atoms with Crippen LogP contribution in [-0.4, -0.2) is 31.2 Å². The lowest BCUT2D eigenvalue weighted by Gasteiger charge is -2.05. The molecular formula is C12H15N5O2. The van der Waals surface area contributed by atoms with E-state index in [9.17, 15) is 4.79 Å². The number of hydrogen-bond acceptors (Lipinski definition) is 5. The number of anilines is 1. The molecule has 100 valence electrons.